The fourth-order valence-corrected chi connectivity index (χ4v) is 1.35. The molecule has 0 aliphatic rings. The largest absolute Gasteiger partial charge is 0.321 e. The number of halogens is 1. The summed E-state index contributed by atoms with van der Waals surface area (Å²) in [5.74, 6) is 0. The predicted octanol–water partition coefficient (Wildman–Crippen LogP) is 2.46. The number of pyridine rings is 1. The summed E-state index contributed by atoms with van der Waals surface area (Å²) < 4.78 is 1.83. The Balaban J connectivity index is 2.84. The van der Waals surface area contributed by atoms with Gasteiger partial charge in [-0.1, -0.05) is 11.6 Å². The lowest BCUT2D eigenvalue weighted by Gasteiger charge is -1.94. The zero-order chi connectivity index (χ0) is 8.55. The summed E-state index contributed by atoms with van der Waals surface area (Å²) >= 11 is 5.77. The third-order valence-electron chi connectivity index (χ3n) is 1.74. The molecular weight excluding hydrogens is 172 g/mol. The van der Waals surface area contributed by atoms with Gasteiger partial charge < -0.3 is 4.40 Å². The summed E-state index contributed by atoms with van der Waals surface area (Å²) in [5.41, 5.74) is 1.56. The van der Waals surface area contributed by atoms with Gasteiger partial charge >= 0.3 is 0 Å². The molecule has 2 heterocycles. The molecule has 0 saturated heterocycles. The van der Waals surface area contributed by atoms with Crippen molar-refractivity contribution in [1.29, 1.82) is 5.26 Å². The quantitative estimate of drug-likeness (QED) is 0.606. The Morgan fingerprint density at radius 1 is 1.33 bits per heavy atom. The smallest absolute Gasteiger partial charge is 0.101 e. The second-order valence-corrected chi connectivity index (χ2v) is 2.92. The molecule has 0 amide bonds. The fourth-order valence-electron chi connectivity index (χ4n) is 1.18. The van der Waals surface area contributed by atoms with Crippen LogP contribution in [0.1, 0.15) is 5.56 Å². The van der Waals surface area contributed by atoms with Gasteiger partial charge in [-0.25, -0.2) is 0 Å². The molecule has 2 aromatic heterocycles. The van der Waals surface area contributed by atoms with E-state index < -0.39 is 0 Å². The fraction of sp³-hybridized carbons (Fsp3) is 0. The monoisotopic (exact) mass is 176 g/mol. The van der Waals surface area contributed by atoms with Gasteiger partial charge in [0.2, 0.25) is 0 Å². The summed E-state index contributed by atoms with van der Waals surface area (Å²) in [6, 6.07) is 7.48. The molecule has 0 aliphatic carbocycles. The Bertz CT molecular complexity index is 465. The minimum atomic E-state index is 0.669. The summed E-state index contributed by atoms with van der Waals surface area (Å²) in [6.07, 6.45) is 3.59. The van der Waals surface area contributed by atoms with Gasteiger partial charge in [-0.3, -0.25) is 0 Å². The van der Waals surface area contributed by atoms with Crippen LogP contribution in [0.5, 0.6) is 0 Å². The van der Waals surface area contributed by atoms with E-state index in [9.17, 15) is 0 Å². The van der Waals surface area contributed by atoms with Crippen LogP contribution in [0.3, 0.4) is 0 Å². The molecule has 0 unspecified atom stereocenters. The molecule has 0 atom stereocenters. The van der Waals surface area contributed by atoms with Crippen LogP contribution < -0.4 is 0 Å². The average Bonchev–Trinajstić information content (AvgIpc) is 2.46. The molecule has 0 aromatic carbocycles. The van der Waals surface area contributed by atoms with Crippen molar-refractivity contribution in [3.05, 3.63) is 41.2 Å². The highest BCUT2D eigenvalue weighted by Crippen LogP contribution is 2.15. The Morgan fingerprint density at radius 3 is 2.92 bits per heavy atom. The maximum absolute atomic E-state index is 8.70. The van der Waals surface area contributed by atoms with Crippen molar-refractivity contribution in [2.45, 2.75) is 0 Å². The minimum absolute atomic E-state index is 0.669. The molecule has 0 aliphatic heterocycles. The Kier molecular flexibility index (Phi) is 1.53. The van der Waals surface area contributed by atoms with E-state index in [0.717, 1.165) is 5.52 Å². The van der Waals surface area contributed by atoms with E-state index in [1.807, 2.05) is 16.7 Å². The third kappa shape index (κ3) is 0.956. The lowest BCUT2D eigenvalue weighted by atomic mass is 10.3. The maximum Gasteiger partial charge on any atom is 0.101 e. The van der Waals surface area contributed by atoms with Crippen LogP contribution in [0, 0.1) is 11.3 Å². The standard InChI is InChI=1S/C9H5ClN2/c10-8-1-2-9-7(5-11)3-4-12(9)6-8/h1-4,6H. The zero-order valence-electron chi connectivity index (χ0n) is 6.16. The number of fused-ring (bicyclic) bond motifs is 1. The van der Waals surface area contributed by atoms with Crippen molar-refractivity contribution in [3.8, 4) is 6.07 Å². The van der Waals surface area contributed by atoms with Crippen LogP contribution >= 0.6 is 11.6 Å². The summed E-state index contributed by atoms with van der Waals surface area (Å²) in [4.78, 5) is 0. The van der Waals surface area contributed by atoms with Crippen molar-refractivity contribution in [2.24, 2.45) is 0 Å². The lowest BCUT2D eigenvalue weighted by molar-refractivity contribution is 1.20. The van der Waals surface area contributed by atoms with E-state index in [1.165, 1.54) is 0 Å². The topological polar surface area (TPSA) is 28.2 Å². The van der Waals surface area contributed by atoms with Crippen molar-refractivity contribution in [2.75, 3.05) is 0 Å². The van der Waals surface area contributed by atoms with Gasteiger partial charge in [0.1, 0.15) is 6.07 Å². The van der Waals surface area contributed by atoms with Crippen LogP contribution in [0.25, 0.3) is 5.52 Å². The molecule has 2 aromatic rings. The van der Waals surface area contributed by atoms with Gasteiger partial charge in [-0.15, -0.1) is 0 Å². The van der Waals surface area contributed by atoms with Crippen LogP contribution in [0.4, 0.5) is 0 Å². The molecule has 0 fully saturated rings. The zero-order valence-corrected chi connectivity index (χ0v) is 6.92. The highest BCUT2D eigenvalue weighted by atomic mass is 35.5. The molecule has 0 spiro atoms. The highest BCUT2D eigenvalue weighted by molar-refractivity contribution is 6.30. The van der Waals surface area contributed by atoms with Gasteiger partial charge in [0.15, 0.2) is 0 Å². The van der Waals surface area contributed by atoms with Crippen molar-refractivity contribution >= 4 is 17.1 Å². The van der Waals surface area contributed by atoms with E-state index in [2.05, 4.69) is 6.07 Å². The first-order chi connectivity index (χ1) is 5.81. The van der Waals surface area contributed by atoms with Gasteiger partial charge in [-0.2, -0.15) is 5.26 Å². The number of aromatic nitrogens is 1. The molecule has 12 heavy (non-hydrogen) atoms. The first-order valence-corrected chi connectivity index (χ1v) is 3.85. The highest BCUT2D eigenvalue weighted by Gasteiger charge is 1.99. The third-order valence-corrected chi connectivity index (χ3v) is 1.96. The minimum Gasteiger partial charge on any atom is -0.321 e. The molecule has 58 valence electrons. The molecule has 2 nitrogen and oxygen atoms in total. The van der Waals surface area contributed by atoms with Gasteiger partial charge in [0.05, 0.1) is 16.1 Å². The van der Waals surface area contributed by atoms with E-state index in [4.69, 9.17) is 16.9 Å². The van der Waals surface area contributed by atoms with Gasteiger partial charge in [0, 0.05) is 12.4 Å². The molecule has 0 saturated carbocycles. The number of nitrogens with zero attached hydrogens (tertiary/aromatic N) is 2. The van der Waals surface area contributed by atoms with Crippen LogP contribution in [0.15, 0.2) is 30.6 Å². The number of nitriles is 1. The first-order valence-electron chi connectivity index (χ1n) is 3.47. The maximum atomic E-state index is 8.70. The molecule has 0 bridgehead atoms. The number of hydrogen-bond donors (Lipinski definition) is 0. The molecule has 2 rings (SSSR count). The Hall–Kier alpha value is -1.46. The van der Waals surface area contributed by atoms with Crippen LogP contribution in [-0.4, -0.2) is 4.40 Å². The van der Waals surface area contributed by atoms with E-state index in [-0.39, 0.29) is 0 Å². The summed E-state index contributed by atoms with van der Waals surface area (Å²) in [7, 11) is 0. The van der Waals surface area contributed by atoms with E-state index in [0.29, 0.717) is 10.6 Å². The van der Waals surface area contributed by atoms with Crippen molar-refractivity contribution in [3.63, 3.8) is 0 Å². The molecule has 0 radical (unpaired) electrons. The van der Waals surface area contributed by atoms with Crippen molar-refractivity contribution < 1.29 is 0 Å². The SMILES string of the molecule is N#Cc1ccn2cc(Cl)ccc12. The molecule has 0 N–H and O–H groups in total. The summed E-state index contributed by atoms with van der Waals surface area (Å²) in [6.45, 7) is 0. The average molecular weight is 177 g/mol. The molecule has 3 heteroatoms. The second kappa shape index (κ2) is 2.54. The Morgan fingerprint density at radius 2 is 2.17 bits per heavy atom. The normalized spacial score (nSPS) is 10.0. The van der Waals surface area contributed by atoms with Gasteiger partial charge in [-0.05, 0) is 18.2 Å². The molecular formula is C9H5ClN2. The van der Waals surface area contributed by atoms with Crippen molar-refractivity contribution in [1.82, 2.24) is 4.40 Å². The number of hydrogen-bond acceptors (Lipinski definition) is 1. The van der Waals surface area contributed by atoms with E-state index in [1.54, 1.807) is 18.3 Å². The van der Waals surface area contributed by atoms with E-state index >= 15 is 0 Å². The van der Waals surface area contributed by atoms with Crippen LogP contribution in [-0.2, 0) is 0 Å². The van der Waals surface area contributed by atoms with Crippen LogP contribution in [0.2, 0.25) is 5.02 Å². The Labute approximate surface area is 74.6 Å². The number of rotatable bonds is 0. The van der Waals surface area contributed by atoms with Gasteiger partial charge in [0.25, 0.3) is 0 Å². The summed E-state index contributed by atoms with van der Waals surface area (Å²) in [5, 5.41) is 9.37. The second-order valence-electron chi connectivity index (χ2n) is 2.48. The first kappa shape index (κ1) is 7.20. The predicted molar refractivity (Wildman–Crippen MR) is 47.1 cm³/mol. The lowest BCUT2D eigenvalue weighted by Crippen LogP contribution is -1.80.